The number of nitrogens with zero attached hydrogens (tertiary/aromatic N) is 1. The highest BCUT2D eigenvalue weighted by atomic mass is 16.5. The van der Waals surface area contributed by atoms with Gasteiger partial charge in [-0.05, 0) is 32.4 Å². The first-order valence-corrected chi connectivity index (χ1v) is 7.00. The minimum atomic E-state index is -0.0342. The van der Waals surface area contributed by atoms with Crippen LogP contribution in [0.3, 0.4) is 0 Å². The number of rotatable bonds is 7. The molecule has 0 fully saturated rings. The molecule has 0 aliphatic carbocycles. The molecule has 20 heavy (non-hydrogen) atoms. The van der Waals surface area contributed by atoms with Crippen LogP contribution in [0, 0.1) is 0 Å². The van der Waals surface area contributed by atoms with E-state index in [9.17, 15) is 4.79 Å². The lowest BCUT2D eigenvalue weighted by Gasteiger charge is -2.26. The molecule has 1 rings (SSSR count). The molecule has 0 saturated heterocycles. The fourth-order valence-electron chi connectivity index (χ4n) is 1.97. The molecular weight excluding hydrogens is 254 g/mol. The van der Waals surface area contributed by atoms with Crippen LogP contribution in [0.25, 0.3) is 0 Å². The molecule has 0 heterocycles. The standard InChI is InChI=1S/C15H25N3O2/c1-5-9-18(10-14(19)17-4)12-7-6-8-13(15(12)16)20-11(2)3/h6-8,11H,5,9-10,16H2,1-4H3,(H,17,19). The number of nitrogens with two attached hydrogens (primary N) is 1. The average molecular weight is 279 g/mol. The molecule has 0 bridgehead atoms. The van der Waals surface area contributed by atoms with Crippen molar-refractivity contribution in [3.05, 3.63) is 18.2 Å². The van der Waals surface area contributed by atoms with Crippen LogP contribution in [-0.4, -0.2) is 32.1 Å². The van der Waals surface area contributed by atoms with Gasteiger partial charge in [0.2, 0.25) is 5.91 Å². The number of para-hydroxylation sites is 1. The van der Waals surface area contributed by atoms with Crippen molar-refractivity contribution in [2.75, 3.05) is 30.8 Å². The third kappa shape index (κ3) is 4.33. The van der Waals surface area contributed by atoms with Gasteiger partial charge >= 0.3 is 0 Å². The zero-order valence-electron chi connectivity index (χ0n) is 12.8. The number of nitrogens with one attached hydrogen (secondary N) is 1. The Labute approximate surface area is 121 Å². The van der Waals surface area contributed by atoms with Crippen molar-refractivity contribution in [1.82, 2.24) is 5.32 Å². The lowest BCUT2D eigenvalue weighted by atomic mass is 10.2. The Morgan fingerprint density at radius 3 is 2.70 bits per heavy atom. The van der Waals surface area contributed by atoms with Gasteiger partial charge < -0.3 is 20.7 Å². The number of ether oxygens (including phenoxy) is 1. The van der Waals surface area contributed by atoms with Crippen molar-refractivity contribution >= 4 is 17.3 Å². The Bertz CT molecular complexity index is 447. The van der Waals surface area contributed by atoms with E-state index in [2.05, 4.69) is 12.2 Å². The van der Waals surface area contributed by atoms with E-state index < -0.39 is 0 Å². The van der Waals surface area contributed by atoms with Crippen LogP contribution in [0.2, 0.25) is 0 Å². The minimum absolute atomic E-state index is 0.0342. The van der Waals surface area contributed by atoms with E-state index in [1.54, 1.807) is 7.05 Å². The monoisotopic (exact) mass is 279 g/mol. The summed E-state index contributed by atoms with van der Waals surface area (Å²) in [5.74, 6) is 0.628. The van der Waals surface area contributed by atoms with Crippen molar-refractivity contribution < 1.29 is 9.53 Å². The highest BCUT2D eigenvalue weighted by Crippen LogP contribution is 2.32. The largest absolute Gasteiger partial charge is 0.489 e. The van der Waals surface area contributed by atoms with E-state index in [-0.39, 0.29) is 12.0 Å². The number of carbonyl (C=O) groups excluding carboxylic acids is 1. The summed E-state index contributed by atoms with van der Waals surface area (Å²) >= 11 is 0. The van der Waals surface area contributed by atoms with Crippen LogP contribution in [0.5, 0.6) is 5.75 Å². The maximum Gasteiger partial charge on any atom is 0.239 e. The number of nitrogen functional groups attached to an aromatic ring is 1. The summed E-state index contributed by atoms with van der Waals surface area (Å²) in [5, 5.41) is 2.64. The summed E-state index contributed by atoms with van der Waals surface area (Å²) in [5.41, 5.74) is 7.60. The van der Waals surface area contributed by atoms with Crippen LogP contribution < -0.4 is 20.7 Å². The first kappa shape index (κ1) is 16.1. The maximum absolute atomic E-state index is 11.6. The molecule has 3 N–H and O–H groups in total. The maximum atomic E-state index is 11.6. The molecule has 112 valence electrons. The number of likely N-dealkylation sites (N-methyl/N-ethyl adjacent to an activating group) is 1. The van der Waals surface area contributed by atoms with Crippen LogP contribution in [-0.2, 0) is 4.79 Å². The van der Waals surface area contributed by atoms with E-state index in [1.807, 2.05) is 36.9 Å². The van der Waals surface area contributed by atoms with Gasteiger partial charge in [0.25, 0.3) is 0 Å². The fraction of sp³-hybridized carbons (Fsp3) is 0.533. The summed E-state index contributed by atoms with van der Waals surface area (Å²) in [6.07, 6.45) is 0.997. The van der Waals surface area contributed by atoms with E-state index in [1.165, 1.54) is 0 Å². The quantitative estimate of drug-likeness (QED) is 0.749. The molecule has 0 aliphatic rings. The van der Waals surface area contributed by atoms with Crippen molar-refractivity contribution in [3.63, 3.8) is 0 Å². The van der Waals surface area contributed by atoms with Crippen molar-refractivity contribution in [2.24, 2.45) is 0 Å². The van der Waals surface area contributed by atoms with Crippen LogP contribution in [0.15, 0.2) is 18.2 Å². The molecule has 0 aromatic heterocycles. The lowest BCUT2D eigenvalue weighted by molar-refractivity contribution is -0.119. The second-order valence-electron chi connectivity index (χ2n) is 4.95. The molecule has 0 atom stereocenters. The second-order valence-corrected chi connectivity index (χ2v) is 4.95. The Kier molecular flexibility index (Phi) is 6.15. The van der Waals surface area contributed by atoms with Crippen LogP contribution >= 0.6 is 0 Å². The molecule has 0 saturated carbocycles. The molecule has 5 heteroatoms. The summed E-state index contributed by atoms with van der Waals surface area (Å²) in [6.45, 7) is 7.05. The van der Waals surface area contributed by atoms with Gasteiger partial charge in [-0.25, -0.2) is 0 Å². The van der Waals surface area contributed by atoms with Crippen molar-refractivity contribution in [3.8, 4) is 5.75 Å². The van der Waals surface area contributed by atoms with Gasteiger partial charge in [-0.1, -0.05) is 13.0 Å². The SMILES string of the molecule is CCCN(CC(=O)NC)c1cccc(OC(C)C)c1N. The Hall–Kier alpha value is -1.91. The van der Waals surface area contributed by atoms with Gasteiger partial charge in [0.15, 0.2) is 0 Å². The number of amides is 1. The molecule has 5 nitrogen and oxygen atoms in total. The van der Waals surface area contributed by atoms with Gasteiger partial charge in [0, 0.05) is 13.6 Å². The van der Waals surface area contributed by atoms with E-state index in [0.29, 0.717) is 18.0 Å². The van der Waals surface area contributed by atoms with Crippen LogP contribution in [0.4, 0.5) is 11.4 Å². The normalized spacial score (nSPS) is 10.4. The molecule has 1 aromatic rings. The predicted octanol–water partition coefficient (Wildman–Crippen LogP) is 2.02. The lowest BCUT2D eigenvalue weighted by Crippen LogP contribution is -2.36. The van der Waals surface area contributed by atoms with E-state index in [4.69, 9.17) is 10.5 Å². The van der Waals surface area contributed by atoms with Crippen LogP contribution in [0.1, 0.15) is 27.2 Å². The molecule has 0 radical (unpaired) electrons. The molecule has 0 aliphatic heterocycles. The van der Waals surface area contributed by atoms with Gasteiger partial charge in [0.1, 0.15) is 5.75 Å². The van der Waals surface area contributed by atoms with Gasteiger partial charge in [-0.15, -0.1) is 0 Å². The summed E-state index contributed by atoms with van der Waals surface area (Å²) in [4.78, 5) is 13.6. The zero-order valence-corrected chi connectivity index (χ0v) is 12.8. The predicted molar refractivity (Wildman–Crippen MR) is 83.2 cm³/mol. The Morgan fingerprint density at radius 2 is 2.15 bits per heavy atom. The fourth-order valence-corrected chi connectivity index (χ4v) is 1.97. The molecule has 0 spiro atoms. The Balaban J connectivity index is 3.03. The number of hydrogen-bond acceptors (Lipinski definition) is 4. The highest BCUT2D eigenvalue weighted by molar-refractivity contribution is 5.84. The van der Waals surface area contributed by atoms with Gasteiger partial charge in [-0.3, -0.25) is 4.79 Å². The molecule has 0 unspecified atom stereocenters. The topological polar surface area (TPSA) is 67.6 Å². The summed E-state index contributed by atoms with van der Waals surface area (Å²) < 4.78 is 5.69. The number of hydrogen-bond donors (Lipinski definition) is 2. The third-order valence-electron chi connectivity index (χ3n) is 2.85. The first-order valence-electron chi connectivity index (χ1n) is 7.00. The zero-order chi connectivity index (χ0) is 15.1. The summed E-state index contributed by atoms with van der Waals surface area (Å²) in [6, 6.07) is 5.67. The number of benzene rings is 1. The second kappa shape index (κ2) is 7.62. The van der Waals surface area contributed by atoms with E-state index in [0.717, 1.165) is 18.7 Å². The minimum Gasteiger partial charge on any atom is -0.489 e. The number of carbonyl (C=O) groups is 1. The van der Waals surface area contributed by atoms with Gasteiger partial charge in [0.05, 0.1) is 24.0 Å². The van der Waals surface area contributed by atoms with Crippen molar-refractivity contribution in [1.29, 1.82) is 0 Å². The summed E-state index contributed by atoms with van der Waals surface area (Å²) in [7, 11) is 1.63. The molecule has 1 aromatic carbocycles. The van der Waals surface area contributed by atoms with Crippen molar-refractivity contribution in [2.45, 2.75) is 33.3 Å². The molecular formula is C15H25N3O2. The smallest absolute Gasteiger partial charge is 0.239 e. The highest BCUT2D eigenvalue weighted by Gasteiger charge is 2.15. The average Bonchev–Trinajstić information content (AvgIpc) is 2.40. The molecule has 1 amide bonds. The third-order valence-corrected chi connectivity index (χ3v) is 2.85. The first-order chi connectivity index (χ1) is 9.49. The Morgan fingerprint density at radius 1 is 1.45 bits per heavy atom. The number of anilines is 2. The van der Waals surface area contributed by atoms with E-state index >= 15 is 0 Å². The van der Waals surface area contributed by atoms with Gasteiger partial charge in [-0.2, -0.15) is 0 Å².